The number of hydrogen-bond donors (Lipinski definition) is 0. The van der Waals surface area contributed by atoms with Crippen molar-refractivity contribution in [2.24, 2.45) is 0 Å². The van der Waals surface area contributed by atoms with Gasteiger partial charge in [-0.25, -0.2) is 0 Å². The molecule has 0 bridgehead atoms. The SMILES string of the molecule is COc1ccc(CCc2nc(-c3cccnn3)no2)cc1OC. The molecule has 0 atom stereocenters. The lowest BCUT2D eigenvalue weighted by Gasteiger charge is -2.08. The highest BCUT2D eigenvalue weighted by molar-refractivity contribution is 5.46. The lowest BCUT2D eigenvalue weighted by atomic mass is 10.1. The standard InChI is InChI=1S/C16H16N4O3/c1-21-13-7-5-11(10-14(13)22-2)6-8-15-18-16(20-23-15)12-4-3-9-17-19-12/h3-5,7,9-10H,6,8H2,1-2H3. The van der Waals surface area contributed by atoms with E-state index < -0.39 is 0 Å². The average molecular weight is 312 g/mol. The first kappa shape index (κ1) is 15.0. The molecule has 7 nitrogen and oxygen atoms in total. The minimum Gasteiger partial charge on any atom is -0.493 e. The zero-order valence-corrected chi connectivity index (χ0v) is 12.9. The maximum Gasteiger partial charge on any atom is 0.227 e. The van der Waals surface area contributed by atoms with E-state index in [-0.39, 0.29) is 0 Å². The van der Waals surface area contributed by atoms with Gasteiger partial charge in [0.2, 0.25) is 11.7 Å². The largest absolute Gasteiger partial charge is 0.493 e. The van der Waals surface area contributed by atoms with Gasteiger partial charge in [0.15, 0.2) is 11.5 Å². The number of hydrogen-bond acceptors (Lipinski definition) is 7. The van der Waals surface area contributed by atoms with Crippen molar-refractivity contribution < 1.29 is 14.0 Å². The fraction of sp³-hybridized carbons (Fsp3) is 0.250. The van der Waals surface area contributed by atoms with Gasteiger partial charge in [0.25, 0.3) is 0 Å². The summed E-state index contributed by atoms with van der Waals surface area (Å²) in [6.45, 7) is 0. The predicted molar refractivity (Wildman–Crippen MR) is 82.3 cm³/mol. The normalized spacial score (nSPS) is 10.5. The zero-order chi connectivity index (χ0) is 16.1. The van der Waals surface area contributed by atoms with E-state index in [1.165, 1.54) is 0 Å². The molecule has 0 aliphatic rings. The first-order chi connectivity index (χ1) is 11.3. The van der Waals surface area contributed by atoms with Crippen molar-refractivity contribution in [2.75, 3.05) is 14.2 Å². The van der Waals surface area contributed by atoms with Crippen LogP contribution in [0.1, 0.15) is 11.5 Å². The van der Waals surface area contributed by atoms with Crippen LogP contribution in [0.5, 0.6) is 11.5 Å². The third kappa shape index (κ3) is 3.45. The quantitative estimate of drug-likeness (QED) is 0.690. The molecule has 2 aromatic heterocycles. The fourth-order valence-electron chi connectivity index (χ4n) is 2.17. The van der Waals surface area contributed by atoms with Gasteiger partial charge >= 0.3 is 0 Å². The Balaban J connectivity index is 1.68. The third-order valence-corrected chi connectivity index (χ3v) is 3.34. The van der Waals surface area contributed by atoms with Crippen LogP contribution in [-0.2, 0) is 12.8 Å². The summed E-state index contributed by atoms with van der Waals surface area (Å²) >= 11 is 0. The van der Waals surface area contributed by atoms with Crippen LogP contribution in [-0.4, -0.2) is 34.6 Å². The van der Waals surface area contributed by atoms with Gasteiger partial charge in [0.05, 0.1) is 14.2 Å². The zero-order valence-electron chi connectivity index (χ0n) is 12.9. The topological polar surface area (TPSA) is 83.2 Å². The van der Waals surface area contributed by atoms with Gasteiger partial charge < -0.3 is 14.0 Å². The van der Waals surface area contributed by atoms with E-state index >= 15 is 0 Å². The van der Waals surface area contributed by atoms with E-state index in [4.69, 9.17) is 14.0 Å². The van der Waals surface area contributed by atoms with Gasteiger partial charge in [-0.1, -0.05) is 11.2 Å². The first-order valence-electron chi connectivity index (χ1n) is 7.11. The van der Waals surface area contributed by atoms with Crippen molar-refractivity contribution in [1.29, 1.82) is 0 Å². The molecule has 1 aromatic carbocycles. The Kier molecular flexibility index (Phi) is 4.46. The number of ether oxygens (including phenoxy) is 2. The number of nitrogens with zero attached hydrogens (tertiary/aromatic N) is 4. The summed E-state index contributed by atoms with van der Waals surface area (Å²) in [5.74, 6) is 2.41. The van der Waals surface area contributed by atoms with Crippen molar-refractivity contribution in [1.82, 2.24) is 20.3 Å². The molecule has 0 amide bonds. The molecule has 0 radical (unpaired) electrons. The number of methoxy groups -OCH3 is 2. The predicted octanol–water partition coefficient (Wildman–Crippen LogP) is 2.33. The van der Waals surface area contributed by atoms with E-state index in [1.54, 1.807) is 32.5 Å². The molecule has 0 spiro atoms. The average Bonchev–Trinajstić information content (AvgIpc) is 3.09. The summed E-state index contributed by atoms with van der Waals surface area (Å²) < 4.78 is 15.8. The van der Waals surface area contributed by atoms with Crippen LogP contribution in [0, 0.1) is 0 Å². The molecule has 0 N–H and O–H groups in total. The fourth-order valence-corrected chi connectivity index (χ4v) is 2.17. The van der Waals surface area contributed by atoms with Crippen LogP contribution in [0.3, 0.4) is 0 Å². The van der Waals surface area contributed by atoms with Crippen LogP contribution >= 0.6 is 0 Å². The van der Waals surface area contributed by atoms with Gasteiger partial charge in [-0.3, -0.25) is 0 Å². The number of rotatable bonds is 6. The van der Waals surface area contributed by atoms with E-state index in [0.717, 1.165) is 12.0 Å². The summed E-state index contributed by atoms with van der Waals surface area (Å²) in [4.78, 5) is 4.34. The number of benzene rings is 1. The molecule has 0 aliphatic heterocycles. The lowest BCUT2D eigenvalue weighted by molar-refractivity contribution is 0.354. The van der Waals surface area contributed by atoms with Crippen LogP contribution in [0.15, 0.2) is 41.1 Å². The van der Waals surface area contributed by atoms with Crippen LogP contribution in [0.25, 0.3) is 11.5 Å². The summed E-state index contributed by atoms with van der Waals surface area (Å²) in [5, 5.41) is 11.7. The molecule has 3 aromatic rings. The van der Waals surface area contributed by atoms with Gasteiger partial charge in [-0.05, 0) is 36.2 Å². The van der Waals surface area contributed by atoms with E-state index in [0.29, 0.717) is 35.3 Å². The second kappa shape index (κ2) is 6.87. The second-order valence-electron chi connectivity index (χ2n) is 4.81. The first-order valence-corrected chi connectivity index (χ1v) is 7.11. The van der Waals surface area contributed by atoms with Crippen LogP contribution in [0.4, 0.5) is 0 Å². The van der Waals surface area contributed by atoms with Gasteiger partial charge in [0.1, 0.15) is 5.69 Å². The van der Waals surface area contributed by atoms with Gasteiger partial charge in [-0.2, -0.15) is 10.1 Å². The Morgan fingerprint density at radius 1 is 1.04 bits per heavy atom. The molecule has 0 fully saturated rings. The Morgan fingerprint density at radius 2 is 1.91 bits per heavy atom. The highest BCUT2D eigenvalue weighted by Gasteiger charge is 2.11. The highest BCUT2D eigenvalue weighted by atomic mass is 16.5. The molecule has 0 saturated heterocycles. The molecule has 3 rings (SSSR count). The minimum atomic E-state index is 0.445. The minimum absolute atomic E-state index is 0.445. The van der Waals surface area contributed by atoms with E-state index in [1.807, 2.05) is 18.2 Å². The maximum atomic E-state index is 5.30. The molecule has 2 heterocycles. The summed E-state index contributed by atoms with van der Waals surface area (Å²) in [7, 11) is 3.23. The van der Waals surface area contributed by atoms with Crippen molar-refractivity contribution in [3.63, 3.8) is 0 Å². The van der Waals surface area contributed by atoms with E-state index in [9.17, 15) is 0 Å². The van der Waals surface area contributed by atoms with Crippen molar-refractivity contribution in [3.05, 3.63) is 48.0 Å². The Hall–Kier alpha value is -2.96. The maximum absolute atomic E-state index is 5.30. The van der Waals surface area contributed by atoms with Crippen molar-refractivity contribution >= 4 is 0 Å². The molecule has 0 saturated carbocycles. The summed E-state index contributed by atoms with van der Waals surface area (Å²) in [5.41, 5.74) is 1.69. The van der Waals surface area contributed by atoms with Crippen molar-refractivity contribution in [2.45, 2.75) is 12.8 Å². The smallest absolute Gasteiger partial charge is 0.227 e. The summed E-state index contributed by atoms with van der Waals surface area (Å²) in [6, 6.07) is 9.38. The lowest BCUT2D eigenvalue weighted by Crippen LogP contribution is -1.95. The third-order valence-electron chi connectivity index (χ3n) is 3.34. The number of aromatic nitrogens is 4. The Labute approximate surface area is 133 Å². The monoisotopic (exact) mass is 312 g/mol. The van der Waals surface area contributed by atoms with Crippen molar-refractivity contribution in [3.8, 4) is 23.0 Å². The van der Waals surface area contributed by atoms with Crippen LogP contribution < -0.4 is 9.47 Å². The Bertz CT molecular complexity index is 774. The number of aryl methyl sites for hydroxylation is 2. The summed E-state index contributed by atoms with van der Waals surface area (Å²) in [6.07, 6.45) is 2.98. The molecular formula is C16H16N4O3. The van der Waals surface area contributed by atoms with Crippen LogP contribution in [0.2, 0.25) is 0 Å². The van der Waals surface area contributed by atoms with Gasteiger partial charge in [0, 0.05) is 12.6 Å². The van der Waals surface area contributed by atoms with Gasteiger partial charge in [-0.15, -0.1) is 5.10 Å². The molecule has 0 aliphatic carbocycles. The highest BCUT2D eigenvalue weighted by Crippen LogP contribution is 2.28. The molecule has 0 unspecified atom stereocenters. The second-order valence-corrected chi connectivity index (χ2v) is 4.81. The molecular weight excluding hydrogens is 296 g/mol. The van der Waals surface area contributed by atoms with E-state index in [2.05, 4.69) is 20.3 Å². The Morgan fingerprint density at radius 3 is 2.65 bits per heavy atom. The molecule has 7 heteroatoms. The molecule has 23 heavy (non-hydrogen) atoms. The molecule has 118 valence electrons.